The van der Waals surface area contributed by atoms with Crippen LogP contribution in [0.4, 0.5) is 0 Å². The molecule has 0 aliphatic carbocycles. The number of unbranched alkanes of at least 4 members (excludes halogenated alkanes) is 4. The molecule has 1 rings (SSSR count). The van der Waals surface area contributed by atoms with Crippen LogP contribution in [-0.2, 0) is 0 Å². The topological polar surface area (TPSA) is 67.8 Å². The van der Waals surface area contributed by atoms with E-state index in [1.807, 2.05) is 19.1 Å². The number of nitrogens with two attached hydrogens (primary N) is 1. The molecule has 0 aliphatic heterocycles. The van der Waals surface area contributed by atoms with Crippen LogP contribution in [-0.4, -0.2) is 17.6 Å². The number of hydrogen-bond donors (Lipinski definition) is 2. The van der Waals surface area contributed by atoms with Gasteiger partial charge in [-0.3, -0.25) is 0 Å². The first-order valence-corrected chi connectivity index (χ1v) is 6.90. The summed E-state index contributed by atoms with van der Waals surface area (Å²) in [6.07, 6.45) is 6.14. The third kappa shape index (κ3) is 5.20. The molecule has 1 aromatic rings. The molecule has 0 atom stereocenters. The standard InChI is InChI=1S/C15H24N2O2/c1-3-4-5-6-7-10-19-14-9-8-13(11-12(14)2)15(16)17-18/h8-9,11,18H,3-7,10H2,1-2H3,(H2,16,17). The molecule has 1 aromatic carbocycles. The van der Waals surface area contributed by atoms with Crippen molar-refractivity contribution in [1.29, 1.82) is 0 Å². The third-order valence-electron chi connectivity index (χ3n) is 3.08. The Bertz CT molecular complexity index is 417. The number of ether oxygens (including phenoxy) is 1. The highest BCUT2D eigenvalue weighted by Crippen LogP contribution is 2.19. The number of rotatable bonds is 8. The van der Waals surface area contributed by atoms with E-state index in [2.05, 4.69) is 12.1 Å². The zero-order valence-corrected chi connectivity index (χ0v) is 11.9. The Hall–Kier alpha value is -1.71. The number of nitrogens with zero attached hydrogens (tertiary/aromatic N) is 1. The molecule has 0 aliphatic rings. The Labute approximate surface area is 115 Å². The maximum absolute atomic E-state index is 8.62. The zero-order valence-electron chi connectivity index (χ0n) is 11.9. The highest BCUT2D eigenvalue weighted by atomic mass is 16.5. The molecule has 0 aromatic heterocycles. The summed E-state index contributed by atoms with van der Waals surface area (Å²) in [6, 6.07) is 5.53. The van der Waals surface area contributed by atoms with E-state index in [-0.39, 0.29) is 5.84 Å². The van der Waals surface area contributed by atoms with Crippen LogP contribution in [0.25, 0.3) is 0 Å². The quantitative estimate of drug-likeness (QED) is 0.248. The first-order valence-electron chi connectivity index (χ1n) is 6.90. The van der Waals surface area contributed by atoms with Gasteiger partial charge in [-0.05, 0) is 37.1 Å². The lowest BCUT2D eigenvalue weighted by molar-refractivity contribution is 0.302. The van der Waals surface area contributed by atoms with E-state index in [4.69, 9.17) is 15.7 Å². The predicted octanol–water partition coefficient (Wildman–Crippen LogP) is 3.44. The summed E-state index contributed by atoms with van der Waals surface area (Å²) in [5, 5.41) is 11.6. The lowest BCUT2D eigenvalue weighted by Crippen LogP contribution is -2.13. The summed E-state index contributed by atoms with van der Waals surface area (Å²) in [6.45, 7) is 4.91. The van der Waals surface area contributed by atoms with Crippen molar-refractivity contribution in [3.8, 4) is 5.75 Å². The number of oxime groups is 1. The minimum Gasteiger partial charge on any atom is -0.493 e. The molecular weight excluding hydrogens is 240 g/mol. The molecule has 0 spiro atoms. The number of amidine groups is 1. The van der Waals surface area contributed by atoms with Gasteiger partial charge in [0.05, 0.1) is 6.61 Å². The maximum Gasteiger partial charge on any atom is 0.170 e. The summed E-state index contributed by atoms with van der Waals surface area (Å²) in [7, 11) is 0. The van der Waals surface area contributed by atoms with Gasteiger partial charge >= 0.3 is 0 Å². The molecule has 4 nitrogen and oxygen atoms in total. The normalized spacial score (nSPS) is 11.6. The highest BCUT2D eigenvalue weighted by Gasteiger charge is 2.04. The maximum atomic E-state index is 8.62. The van der Waals surface area contributed by atoms with E-state index >= 15 is 0 Å². The fourth-order valence-corrected chi connectivity index (χ4v) is 1.92. The van der Waals surface area contributed by atoms with E-state index in [1.165, 1.54) is 25.7 Å². The molecule has 3 N–H and O–H groups in total. The second-order valence-electron chi connectivity index (χ2n) is 4.73. The van der Waals surface area contributed by atoms with E-state index < -0.39 is 0 Å². The molecule has 0 amide bonds. The van der Waals surface area contributed by atoms with Crippen molar-refractivity contribution in [3.63, 3.8) is 0 Å². The summed E-state index contributed by atoms with van der Waals surface area (Å²) in [5.74, 6) is 0.985. The molecular formula is C15H24N2O2. The summed E-state index contributed by atoms with van der Waals surface area (Å²) in [5.41, 5.74) is 7.24. The van der Waals surface area contributed by atoms with Crippen molar-refractivity contribution in [3.05, 3.63) is 29.3 Å². The molecule has 19 heavy (non-hydrogen) atoms. The van der Waals surface area contributed by atoms with Crippen LogP contribution in [0.2, 0.25) is 0 Å². The molecule has 4 heteroatoms. The molecule has 0 fully saturated rings. The fraction of sp³-hybridized carbons (Fsp3) is 0.533. The first-order chi connectivity index (χ1) is 9.19. The van der Waals surface area contributed by atoms with Gasteiger partial charge in [0.15, 0.2) is 5.84 Å². The van der Waals surface area contributed by atoms with Crippen molar-refractivity contribution in [2.75, 3.05) is 6.61 Å². The van der Waals surface area contributed by atoms with Crippen molar-refractivity contribution < 1.29 is 9.94 Å². The van der Waals surface area contributed by atoms with Gasteiger partial charge in [-0.15, -0.1) is 0 Å². The second-order valence-corrected chi connectivity index (χ2v) is 4.73. The number of benzene rings is 1. The Morgan fingerprint density at radius 2 is 2.00 bits per heavy atom. The largest absolute Gasteiger partial charge is 0.493 e. The van der Waals surface area contributed by atoms with Gasteiger partial charge in [0.1, 0.15) is 5.75 Å². The smallest absolute Gasteiger partial charge is 0.170 e. The van der Waals surface area contributed by atoms with Crippen molar-refractivity contribution in [2.45, 2.75) is 46.0 Å². The van der Waals surface area contributed by atoms with E-state index in [9.17, 15) is 0 Å². The Kier molecular flexibility index (Phi) is 6.79. The van der Waals surface area contributed by atoms with Crippen molar-refractivity contribution in [2.24, 2.45) is 10.9 Å². The lowest BCUT2D eigenvalue weighted by Gasteiger charge is -2.10. The fourth-order valence-electron chi connectivity index (χ4n) is 1.92. The summed E-state index contributed by atoms with van der Waals surface area (Å²) in [4.78, 5) is 0. The minimum absolute atomic E-state index is 0.120. The minimum atomic E-state index is 0.120. The molecule has 0 radical (unpaired) electrons. The molecule has 0 heterocycles. The van der Waals surface area contributed by atoms with Crippen LogP contribution in [0.5, 0.6) is 5.75 Å². The van der Waals surface area contributed by atoms with Gasteiger partial charge in [-0.1, -0.05) is 37.8 Å². The summed E-state index contributed by atoms with van der Waals surface area (Å²) >= 11 is 0. The summed E-state index contributed by atoms with van der Waals surface area (Å²) < 4.78 is 5.74. The average Bonchev–Trinajstić information content (AvgIpc) is 2.43. The molecule has 0 saturated carbocycles. The Balaban J connectivity index is 2.43. The highest BCUT2D eigenvalue weighted by molar-refractivity contribution is 5.97. The number of hydrogen-bond acceptors (Lipinski definition) is 3. The van der Waals surface area contributed by atoms with Crippen LogP contribution in [0.15, 0.2) is 23.4 Å². The van der Waals surface area contributed by atoms with Gasteiger partial charge in [0, 0.05) is 5.56 Å². The van der Waals surface area contributed by atoms with E-state index in [0.717, 1.165) is 24.3 Å². The first kappa shape index (κ1) is 15.3. The predicted molar refractivity (Wildman–Crippen MR) is 77.9 cm³/mol. The van der Waals surface area contributed by atoms with Crippen LogP contribution in [0.3, 0.4) is 0 Å². The van der Waals surface area contributed by atoms with Gasteiger partial charge in [-0.25, -0.2) is 0 Å². The average molecular weight is 264 g/mol. The molecule has 0 bridgehead atoms. The Morgan fingerprint density at radius 1 is 1.26 bits per heavy atom. The zero-order chi connectivity index (χ0) is 14.1. The van der Waals surface area contributed by atoms with Crippen LogP contribution >= 0.6 is 0 Å². The third-order valence-corrected chi connectivity index (χ3v) is 3.08. The monoisotopic (exact) mass is 264 g/mol. The number of aryl methyl sites for hydroxylation is 1. The molecule has 0 unspecified atom stereocenters. The van der Waals surface area contributed by atoms with Crippen LogP contribution in [0.1, 0.15) is 50.2 Å². The van der Waals surface area contributed by atoms with Crippen molar-refractivity contribution in [1.82, 2.24) is 0 Å². The van der Waals surface area contributed by atoms with Crippen molar-refractivity contribution >= 4 is 5.84 Å². The van der Waals surface area contributed by atoms with Gasteiger partial charge in [-0.2, -0.15) is 0 Å². The Morgan fingerprint density at radius 3 is 2.63 bits per heavy atom. The van der Waals surface area contributed by atoms with E-state index in [0.29, 0.717) is 5.56 Å². The van der Waals surface area contributed by atoms with Crippen LogP contribution in [0, 0.1) is 6.92 Å². The molecule has 0 saturated heterocycles. The second kappa shape index (κ2) is 8.40. The lowest BCUT2D eigenvalue weighted by atomic mass is 10.1. The van der Waals surface area contributed by atoms with Gasteiger partial charge in [0.25, 0.3) is 0 Å². The SMILES string of the molecule is CCCCCCCOc1ccc(/C(N)=N/O)cc1C. The molecule has 106 valence electrons. The van der Waals surface area contributed by atoms with Gasteiger partial charge < -0.3 is 15.7 Å². The van der Waals surface area contributed by atoms with Gasteiger partial charge in [0.2, 0.25) is 0 Å². The van der Waals surface area contributed by atoms with Crippen LogP contribution < -0.4 is 10.5 Å². The van der Waals surface area contributed by atoms with E-state index in [1.54, 1.807) is 6.07 Å².